The first kappa shape index (κ1) is 12.2. The van der Waals surface area contributed by atoms with Crippen molar-refractivity contribution < 1.29 is 9.84 Å². The van der Waals surface area contributed by atoms with Crippen molar-refractivity contribution in [1.82, 2.24) is 5.32 Å². The zero-order chi connectivity index (χ0) is 10.9. The van der Waals surface area contributed by atoms with Crippen LogP contribution in [-0.4, -0.2) is 31.4 Å². The van der Waals surface area contributed by atoms with Crippen LogP contribution in [0, 0.1) is 0 Å². The van der Waals surface area contributed by atoms with Crippen LogP contribution in [0.15, 0.2) is 30.3 Å². The minimum Gasteiger partial charge on any atom is -0.387 e. The summed E-state index contributed by atoms with van der Waals surface area (Å²) in [5.74, 6) is 0. The largest absolute Gasteiger partial charge is 0.387 e. The molecule has 1 aromatic rings. The molecule has 15 heavy (non-hydrogen) atoms. The van der Waals surface area contributed by atoms with Gasteiger partial charge in [-0.25, -0.2) is 0 Å². The molecule has 0 aliphatic carbocycles. The van der Waals surface area contributed by atoms with Crippen LogP contribution in [0.25, 0.3) is 0 Å². The molecular formula is C12H19NO2. The summed E-state index contributed by atoms with van der Waals surface area (Å²) >= 11 is 0. The summed E-state index contributed by atoms with van der Waals surface area (Å²) in [5, 5.41) is 12.9. The normalized spacial score (nSPS) is 12.7. The van der Waals surface area contributed by atoms with Crippen molar-refractivity contribution >= 4 is 0 Å². The lowest BCUT2D eigenvalue weighted by molar-refractivity contribution is 0.138. The molecule has 84 valence electrons. The van der Waals surface area contributed by atoms with E-state index >= 15 is 0 Å². The summed E-state index contributed by atoms with van der Waals surface area (Å²) in [5.41, 5.74) is 0.946. The van der Waals surface area contributed by atoms with Gasteiger partial charge < -0.3 is 15.2 Å². The Bertz CT molecular complexity index is 251. The lowest BCUT2D eigenvalue weighted by Gasteiger charge is -2.11. The van der Waals surface area contributed by atoms with Crippen molar-refractivity contribution in [2.75, 3.05) is 26.3 Å². The highest BCUT2D eigenvalue weighted by Crippen LogP contribution is 2.09. The topological polar surface area (TPSA) is 41.5 Å². The number of benzene rings is 1. The zero-order valence-electron chi connectivity index (χ0n) is 9.15. The highest BCUT2D eigenvalue weighted by molar-refractivity contribution is 5.17. The van der Waals surface area contributed by atoms with E-state index in [0.717, 1.165) is 18.7 Å². The van der Waals surface area contributed by atoms with E-state index in [1.807, 2.05) is 37.3 Å². The lowest BCUT2D eigenvalue weighted by Crippen LogP contribution is -2.25. The Kier molecular flexibility index (Phi) is 6.00. The molecule has 0 bridgehead atoms. The van der Waals surface area contributed by atoms with Gasteiger partial charge in [-0.15, -0.1) is 0 Å². The quantitative estimate of drug-likeness (QED) is 0.666. The molecule has 2 N–H and O–H groups in total. The van der Waals surface area contributed by atoms with Crippen molar-refractivity contribution in [3.05, 3.63) is 35.9 Å². The van der Waals surface area contributed by atoms with E-state index in [1.54, 1.807) is 0 Å². The van der Waals surface area contributed by atoms with Gasteiger partial charge in [0, 0.05) is 19.7 Å². The van der Waals surface area contributed by atoms with Crippen molar-refractivity contribution in [1.29, 1.82) is 0 Å². The summed E-state index contributed by atoms with van der Waals surface area (Å²) in [6.07, 6.45) is -0.437. The molecule has 1 atom stereocenters. The second kappa shape index (κ2) is 7.40. The van der Waals surface area contributed by atoms with Crippen LogP contribution in [0.5, 0.6) is 0 Å². The van der Waals surface area contributed by atoms with Gasteiger partial charge in [-0.1, -0.05) is 30.3 Å². The van der Waals surface area contributed by atoms with E-state index in [4.69, 9.17) is 4.74 Å². The van der Waals surface area contributed by atoms with E-state index in [0.29, 0.717) is 13.2 Å². The van der Waals surface area contributed by atoms with Crippen LogP contribution in [-0.2, 0) is 4.74 Å². The van der Waals surface area contributed by atoms with Gasteiger partial charge in [-0.3, -0.25) is 0 Å². The van der Waals surface area contributed by atoms with Gasteiger partial charge in [-0.05, 0) is 12.5 Å². The summed E-state index contributed by atoms with van der Waals surface area (Å²) in [7, 11) is 0. The van der Waals surface area contributed by atoms with E-state index in [-0.39, 0.29) is 0 Å². The lowest BCUT2D eigenvalue weighted by atomic mass is 10.1. The fourth-order valence-electron chi connectivity index (χ4n) is 1.32. The Labute approximate surface area is 91.1 Å². The predicted molar refractivity (Wildman–Crippen MR) is 60.8 cm³/mol. The molecule has 1 aromatic carbocycles. The third kappa shape index (κ3) is 4.93. The molecule has 0 heterocycles. The van der Waals surface area contributed by atoms with Crippen LogP contribution < -0.4 is 5.32 Å². The molecule has 0 aliphatic heterocycles. The molecule has 0 spiro atoms. The van der Waals surface area contributed by atoms with Crippen molar-refractivity contribution in [3.63, 3.8) is 0 Å². The Hall–Kier alpha value is -0.900. The average molecular weight is 209 g/mol. The Morgan fingerprint density at radius 1 is 1.33 bits per heavy atom. The van der Waals surface area contributed by atoms with Gasteiger partial charge in [0.25, 0.3) is 0 Å². The second-order valence-corrected chi connectivity index (χ2v) is 3.33. The summed E-state index contributed by atoms with van der Waals surface area (Å²) in [6.45, 7) is 4.74. The van der Waals surface area contributed by atoms with Crippen LogP contribution in [0.3, 0.4) is 0 Å². The fraction of sp³-hybridized carbons (Fsp3) is 0.500. The minimum atomic E-state index is -0.437. The predicted octanol–water partition coefficient (Wildman–Crippen LogP) is 1.35. The van der Waals surface area contributed by atoms with Crippen LogP contribution in [0.4, 0.5) is 0 Å². The fourth-order valence-corrected chi connectivity index (χ4v) is 1.32. The first-order valence-electron chi connectivity index (χ1n) is 5.36. The Morgan fingerprint density at radius 2 is 2.07 bits per heavy atom. The molecule has 0 fully saturated rings. The average Bonchev–Trinajstić information content (AvgIpc) is 2.30. The van der Waals surface area contributed by atoms with Crippen molar-refractivity contribution in [3.8, 4) is 0 Å². The summed E-state index contributed by atoms with van der Waals surface area (Å²) in [6, 6.07) is 9.65. The van der Waals surface area contributed by atoms with Crippen LogP contribution >= 0.6 is 0 Å². The smallest absolute Gasteiger partial charge is 0.0914 e. The van der Waals surface area contributed by atoms with Gasteiger partial charge in [0.15, 0.2) is 0 Å². The molecular weight excluding hydrogens is 190 g/mol. The summed E-state index contributed by atoms with van der Waals surface area (Å²) < 4.78 is 5.18. The molecule has 0 aromatic heterocycles. The molecule has 0 amide bonds. The molecule has 1 rings (SSSR count). The first-order valence-corrected chi connectivity index (χ1v) is 5.36. The monoisotopic (exact) mass is 209 g/mol. The van der Waals surface area contributed by atoms with E-state index in [9.17, 15) is 5.11 Å². The van der Waals surface area contributed by atoms with E-state index < -0.39 is 6.10 Å². The minimum absolute atomic E-state index is 0.437. The van der Waals surface area contributed by atoms with Crippen LogP contribution in [0.1, 0.15) is 18.6 Å². The number of rotatable bonds is 7. The number of aliphatic hydroxyl groups excluding tert-OH is 1. The Morgan fingerprint density at radius 3 is 2.73 bits per heavy atom. The molecule has 1 unspecified atom stereocenters. The molecule has 0 saturated carbocycles. The zero-order valence-corrected chi connectivity index (χ0v) is 9.15. The maximum atomic E-state index is 9.77. The van der Waals surface area contributed by atoms with Gasteiger partial charge in [-0.2, -0.15) is 0 Å². The number of aliphatic hydroxyl groups is 1. The Balaban J connectivity index is 2.16. The van der Waals surface area contributed by atoms with Crippen molar-refractivity contribution in [2.45, 2.75) is 13.0 Å². The standard InChI is InChI=1S/C12H19NO2/c1-2-15-9-8-13-10-12(14)11-6-4-3-5-7-11/h3-7,12-14H,2,8-10H2,1H3. The van der Waals surface area contributed by atoms with Gasteiger partial charge in [0.2, 0.25) is 0 Å². The highest BCUT2D eigenvalue weighted by Gasteiger charge is 2.04. The highest BCUT2D eigenvalue weighted by atomic mass is 16.5. The first-order chi connectivity index (χ1) is 7.34. The van der Waals surface area contributed by atoms with Gasteiger partial charge >= 0.3 is 0 Å². The van der Waals surface area contributed by atoms with E-state index in [1.165, 1.54) is 0 Å². The van der Waals surface area contributed by atoms with Gasteiger partial charge in [0.1, 0.15) is 0 Å². The second-order valence-electron chi connectivity index (χ2n) is 3.33. The number of ether oxygens (including phenoxy) is 1. The number of hydrogen-bond acceptors (Lipinski definition) is 3. The van der Waals surface area contributed by atoms with Crippen LogP contribution in [0.2, 0.25) is 0 Å². The molecule has 3 heteroatoms. The third-order valence-corrected chi connectivity index (χ3v) is 2.15. The summed E-state index contributed by atoms with van der Waals surface area (Å²) in [4.78, 5) is 0. The third-order valence-electron chi connectivity index (χ3n) is 2.15. The number of nitrogens with one attached hydrogen (secondary N) is 1. The van der Waals surface area contributed by atoms with E-state index in [2.05, 4.69) is 5.32 Å². The number of hydrogen-bond donors (Lipinski definition) is 2. The molecule has 0 aliphatic rings. The maximum absolute atomic E-state index is 9.77. The maximum Gasteiger partial charge on any atom is 0.0914 e. The molecule has 3 nitrogen and oxygen atoms in total. The van der Waals surface area contributed by atoms with Gasteiger partial charge in [0.05, 0.1) is 12.7 Å². The SMILES string of the molecule is CCOCCNCC(O)c1ccccc1. The van der Waals surface area contributed by atoms with Crippen molar-refractivity contribution in [2.24, 2.45) is 0 Å². The molecule has 0 radical (unpaired) electrons. The molecule has 0 saturated heterocycles.